The average Bonchev–Trinajstić information content (AvgIpc) is 2.28. The predicted molar refractivity (Wildman–Crippen MR) is 66.2 cm³/mol. The van der Waals surface area contributed by atoms with Crippen molar-refractivity contribution < 1.29 is 9.53 Å². The Morgan fingerprint density at radius 2 is 2.18 bits per heavy atom. The summed E-state index contributed by atoms with van der Waals surface area (Å²) < 4.78 is 4.97. The first kappa shape index (κ1) is 13.5. The van der Waals surface area contributed by atoms with Crippen LogP contribution in [0.2, 0.25) is 0 Å². The molecule has 0 fully saturated rings. The molecule has 5 heteroatoms. The average molecular weight is 250 g/mol. The molecular weight excluding hydrogens is 236 g/mol. The van der Waals surface area contributed by atoms with Crippen molar-refractivity contribution in [3.05, 3.63) is 22.4 Å². The van der Waals surface area contributed by atoms with Gasteiger partial charge in [-0.3, -0.25) is 0 Å². The molecule has 0 amide bonds. The summed E-state index contributed by atoms with van der Waals surface area (Å²) in [6, 6.07) is 2.09. The van der Waals surface area contributed by atoms with Gasteiger partial charge in [0.2, 0.25) is 0 Å². The van der Waals surface area contributed by atoms with Crippen LogP contribution in [0.25, 0.3) is 0 Å². The van der Waals surface area contributed by atoms with Gasteiger partial charge in [0.1, 0.15) is 11.1 Å². The number of nitrogens with zero attached hydrogens (tertiary/aromatic N) is 2. The summed E-state index contributed by atoms with van der Waals surface area (Å²) in [6.07, 6.45) is 1.85. The highest BCUT2D eigenvalue weighted by atomic mass is 32.2. The summed E-state index contributed by atoms with van der Waals surface area (Å²) in [7, 11) is 0. The Morgan fingerprint density at radius 3 is 2.65 bits per heavy atom. The van der Waals surface area contributed by atoms with Crippen LogP contribution >= 0.6 is 11.8 Å². The molecule has 0 aromatic carbocycles. The van der Waals surface area contributed by atoms with Crippen LogP contribution in [0.1, 0.15) is 34.1 Å². The molecule has 1 aromatic heterocycles. The van der Waals surface area contributed by atoms with Crippen LogP contribution in [0.15, 0.2) is 5.03 Å². The van der Waals surface area contributed by atoms with Crippen LogP contribution in [-0.2, 0) is 4.74 Å². The molecule has 0 atom stereocenters. The highest BCUT2D eigenvalue weighted by Gasteiger charge is 2.20. The highest BCUT2D eigenvalue weighted by molar-refractivity contribution is 7.98. The minimum absolute atomic E-state index is 0.309. The maximum Gasteiger partial charge on any atom is 0.340 e. The van der Waals surface area contributed by atoms with Crippen LogP contribution < -0.4 is 0 Å². The number of hydrogen-bond acceptors (Lipinski definition) is 5. The first-order chi connectivity index (χ1) is 8.06. The highest BCUT2D eigenvalue weighted by Crippen LogP contribution is 2.25. The molecule has 0 aliphatic rings. The van der Waals surface area contributed by atoms with E-state index in [1.165, 1.54) is 11.8 Å². The standard InChI is InChI=1S/C12H14N2O2S/c1-5-16-12(15)10-7(2)9(6-13)11(17-4)14-8(10)3/h5H2,1-4H3. The van der Waals surface area contributed by atoms with E-state index in [0.717, 1.165) is 0 Å². The van der Waals surface area contributed by atoms with Crippen molar-refractivity contribution in [3.63, 3.8) is 0 Å². The van der Waals surface area contributed by atoms with E-state index < -0.39 is 5.97 Å². The van der Waals surface area contributed by atoms with Gasteiger partial charge in [0.05, 0.1) is 23.4 Å². The summed E-state index contributed by atoms with van der Waals surface area (Å²) in [5.74, 6) is -0.417. The van der Waals surface area contributed by atoms with Crippen LogP contribution in [0, 0.1) is 25.2 Å². The molecule has 4 nitrogen and oxygen atoms in total. The normalized spacial score (nSPS) is 9.82. The molecule has 1 heterocycles. The minimum Gasteiger partial charge on any atom is -0.462 e. The lowest BCUT2D eigenvalue weighted by atomic mass is 10.0. The molecule has 17 heavy (non-hydrogen) atoms. The molecule has 1 rings (SSSR count). The summed E-state index contributed by atoms with van der Waals surface area (Å²) in [5.41, 5.74) is 2.10. The molecule has 0 saturated carbocycles. The Hall–Kier alpha value is -1.54. The fourth-order valence-electron chi connectivity index (χ4n) is 1.60. The molecule has 0 aliphatic carbocycles. The zero-order valence-corrected chi connectivity index (χ0v) is 11.1. The summed E-state index contributed by atoms with van der Waals surface area (Å²) in [4.78, 5) is 16.0. The van der Waals surface area contributed by atoms with Gasteiger partial charge in [0.25, 0.3) is 0 Å². The van der Waals surface area contributed by atoms with Gasteiger partial charge < -0.3 is 4.74 Å². The fourth-order valence-corrected chi connectivity index (χ4v) is 2.24. The third-order valence-corrected chi connectivity index (χ3v) is 3.06. The first-order valence-corrected chi connectivity index (χ1v) is 6.41. The molecule has 0 bridgehead atoms. The van der Waals surface area contributed by atoms with Crippen molar-refractivity contribution in [1.29, 1.82) is 5.26 Å². The van der Waals surface area contributed by atoms with Gasteiger partial charge >= 0.3 is 5.97 Å². The van der Waals surface area contributed by atoms with Gasteiger partial charge in [-0.2, -0.15) is 5.26 Å². The van der Waals surface area contributed by atoms with Gasteiger partial charge in [0.15, 0.2) is 0 Å². The van der Waals surface area contributed by atoms with Gasteiger partial charge in [-0.15, -0.1) is 11.8 Å². The lowest BCUT2D eigenvalue weighted by Gasteiger charge is -2.11. The Morgan fingerprint density at radius 1 is 1.53 bits per heavy atom. The maximum atomic E-state index is 11.8. The molecule has 0 unspecified atom stereocenters. The zero-order valence-electron chi connectivity index (χ0n) is 10.3. The van der Waals surface area contributed by atoms with Crippen LogP contribution in [-0.4, -0.2) is 23.8 Å². The Labute approximate surface area is 105 Å². The number of carbonyl (C=O) groups is 1. The number of pyridine rings is 1. The third-order valence-electron chi connectivity index (χ3n) is 2.38. The van der Waals surface area contributed by atoms with E-state index in [2.05, 4.69) is 11.1 Å². The second-order valence-electron chi connectivity index (χ2n) is 3.41. The Kier molecular flexibility index (Phi) is 4.53. The molecule has 0 spiro atoms. The molecule has 1 aromatic rings. The molecular formula is C12H14N2O2S. The zero-order chi connectivity index (χ0) is 13.0. The number of thioether (sulfide) groups is 1. The van der Waals surface area contributed by atoms with Crippen molar-refractivity contribution in [2.45, 2.75) is 25.8 Å². The number of aromatic nitrogens is 1. The van der Waals surface area contributed by atoms with Crippen LogP contribution in [0.4, 0.5) is 0 Å². The second-order valence-corrected chi connectivity index (χ2v) is 4.21. The monoisotopic (exact) mass is 250 g/mol. The fraction of sp³-hybridized carbons (Fsp3) is 0.417. The number of nitriles is 1. The van der Waals surface area contributed by atoms with E-state index in [1.807, 2.05) is 6.26 Å². The van der Waals surface area contributed by atoms with E-state index in [9.17, 15) is 4.79 Å². The topological polar surface area (TPSA) is 63.0 Å². The number of esters is 1. The lowest BCUT2D eigenvalue weighted by molar-refractivity contribution is 0.0524. The van der Waals surface area contributed by atoms with Gasteiger partial charge in [0, 0.05) is 0 Å². The van der Waals surface area contributed by atoms with Crippen molar-refractivity contribution >= 4 is 17.7 Å². The van der Waals surface area contributed by atoms with E-state index in [-0.39, 0.29) is 0 Å². The van der Waals surface area contributed by atoms with Crippen LogP contribution in [0.3, 0.4) is 0 Å². The summed E-state index contributed by atoms with van der Waals surface area (Å²) in [6.45, 7) is 5.56. The molecule has 0 radical (unpaired) electrons. The number of carbonyl (C=O) groups excluding carboxylic acids is 1. The number of aryl methyl sites for hydroxylation is 1. The van der Waals surface area contributed by atoms with Gasteiger partial charge in [-0.1, -0.05) is 0 Å². The number of rotatable bonds is 3. The summed E-state index contributed by atoms with van der Waals surface area (Å²) in [5, 5.41) is 9.75. The smallest absolute Gasteiger partial charge is 0.340 e. The van der Waals surface area contributed by atoms with E-state index >= 15 is 0 Å². The predicted octanol–water partition coefficient (Wildman–Crippen LogP) is 2.47. The van der Waals surface area contributed by atoms with Crippen molar-refractivity contribution in [2.24, 2.45) is 0 Å². The SMILES string of the molecule is CCOC(=O)c1c(C)nc(SC)c(C#N)c1C. The quantitative estimate of drug-likeness (QED) is 0.609. The van der Waals surface area contributed by atoms with Gasteiger partial charge in [-0.25, -0.2) is 9.78 Å². The number of hydrogen-bond donors (Lipinski definition) is 0. The number of ether oxygens (including phenoxy) is 1. The van der Waals surface area contributed by atoms with Crippen molar-refractivity contribution in [1.82, 2.24) is 4.98 Å². The van der Waals surface area contributed by atoms with E-state index in [1.54, 1.807) is 20.8 Å². The van der Waals surface area contributed by atoms with Gasteiger partial charge in [-0.05, 0) is 32.6 Å². The van der Waals surface area contributed by atoms with E-state index in [4.69, 9.17) is 10.00 Å². The Balaban J connectivity index is 3.43. The molecule has 0 saturated heterocycles. The van der Waals surface area contributed by atoms with Crippen molar-refractivity contribution in [3.8, 4) is 6.07 Å². The largest absolute Gasteiger partial charge is 0.462 e. The van der Waals surface area contributed by atoms with Crippen molar-refractivity contribution in [2.75, 3.05) is 12.9 Å². The third kappa shape index (κ3) is 2.59. The van der Waals surface area contributed by atoms with E-state index in [0.29, 0.717) is 34.0 Å². The first-order valence-electron chi connectivity index (χ1n) is 5.19. The minimum atomic E-state index is -0.417. The maximum absolute atomic E-state index is 11.8. The summed E-state index contributed by atoms with van der Waals surface area (Å²) >= 11 is 1.40. The Bertz CT molecular complexity index is 492. The molecule has 90 valence electrons. The second kappa shape index (κ2) is 5.69. The molecule has 0 N–H and O–H groups in total. The van der Waals surface area contributed by atoms with Crippen LogP contribution in [0.5, 0.6) is 0 Å². The molecule has 0 aliphatic heterocycles. The lowest BCUT2D eigenvalue weighted by Crippen LogP contribution is -2.12.